The van der Waals surface area contributed by atoms with Crippen molar-refractivity contribution in [3.05, 3.63) is 63.5 Å². The lowest BCUT2D eigenvalue weighted by molar-refractivity contribution is 0.102. The Kier molecular flexibility index (Phi) is 6.92. The highest BCUT2D eigenvalue weighted by molar-refractivity contribution is 8.00. The average Bonchev–Trinajstić information content (AvgIpc) is 3.36. The van der Waals surface area contributed by atoms with Gasteiger partial charge in [-0.3, -0.25) is 4.79 Å². The van der Waals surface area contributed by atoms with Crippen LogP contribution in [-0.2, 0) is 12.8 Å². The Morgan fingerprint density at radius 2 is 2.03 bits per heavy atom. The number of Topliss-reactive ketones (excluding diaryl/α,β-unsaturated/α-hetero) is 1. The maximum atomic E-state index is 12.6. The summed E-state index contributed by atoms with van der Waals surface area (Å²) in [5, 5.41) is 12.8. The summed E-state index contributed by atoms with van der Waals surface area (Å²) >= 11 is 2.82. The second kappa shape index (κ2) is 9.70. The topological polar surface area (TPSA) is 63.0 Å². The Hall–Kier alpha value is -2.62. The molecule has 1 aromatic carbocycles. The fourth-order valence-electron chi connectivity index (χ4n) is 4.40. The van der Waals surface area contributed by atoms with Crippen LogP contribution in [0.3, 0.4) is 0 Å². The zero-order valence-corrected chi connectivity index (χ0v) is 21.1. The van der Waals surface area contributed by atoms with Crippen molar-refractivity contribution in [2.45, 2.75) is 45.1 Å². The number of hydrogen-bond donors (Lipinski definition) is 0. The highest BCUT2D eigenvalue weighted by Gasteiger charge is 2.33. The smallest absolute Gasteiger partial charge is 0.183 e. The Bertz CT molecular complexity index is 1190. The molecule has 3 aromatic rings. The van der Waals surface area contributed by atoms with Crippen molar-refractivity contribution in [1.29, 1.82) is 5.26 Å². The monoisotopic (exact) mass is 476 g/mol. The summed E-state index contributed by atoms with van der Waals surface area (Å²) in [6, 6.07) is 14.0. The molecule has 170 valence electrons. The van der Waals surface area contributed by atoms with E-state index in [9.17, 15) is 10.1 Å². The number of aryl methyl sites for hydroxylation is 1. The molecule has 4 rings (SSSR count). The van der Waals surface area contributed by atoms with Crippen LogP contribution in [0.1, 0.15) is 53.7 Å². The number of fused-ring (bicyclic) bond motifs is 1. The van der Waals surface area contributed by atoms with Crippen molar-refractivity contribution in [2.75, 3.05) is 12.9 Å². The van der Waals surface area contributed by atoms with Crippen molar-refractivity contribution in [2.24, 2.45) is 11.3 Å². The number of thioether (sulfide) groups is 1. The first-order valence-electron chi connectivity index (χ1n) is 11.1. The Labute approximate surface area is 204 Å². The van der Waals surface area contributed by atoms with E-state index in [4.69, 9.17) is 9.72 Å². The third-order valence-corrected chi connectivity index (χ3v) is 8.27. The van der Waals surface area contributed by atoms with E-state index in [0.29, 0.717) is 16.5 Å². The summed E-state index contributed by atoms with van der Waals surface area (Å²) in [5.74, 6) is 1.64. The molecule has 0 N–H and O–H groups in total. The number of rotatable bonds is 6. The first kappa shape index (κ1) is 23.5. The molecule has 0 bridgehead atoms. The maximum absolute atomic E-state index is 12.6. The number of nitriles is 1. The summed E-state index contributed by atoms with van der Waals surface area (Å²) in [6.07, 6.45) is 2.87. The number of hydrogen-bond acceptors (Lipinski definition) is 6. The van der Waals surface area contributed by atoms with Gasteiger partial charge in [-0.1, -0.05) is 50.7 Å². The molecule has 1 aliphatic carbocycles. The molecule has 0 saturated carbocycles. The number of nitrogens with zero attached hydrogens (tertiary/aromatic N) is 2. The van der Waals surface area contributed by atoms with Crippen LogP contribution in [-0.4, -0.2) is 23.6 Å². The van der Waals surface area contributed by atoms with E-state index >= 15 is 0 Å². The van der Waals surface area contributed by atoms with Gasteiger partial charge in [-0.25, -0.2) is 4.98 Å². The standard InChI is InChI=1S/C27H28N2O2S2/c1-27(2,3)18-9-12-22-20(14-18)25(17-7-10-19(31-4)11-8-17)21(15-28)26(29-22)33-16-23(30)24-6-5-13-32-24/h5-8,10-11,13,18H,9,12,14,16H2,1-4H3/t18-/m0/s1. The first-order valence-corrected chi connectivity index (χ1v) is 13.0. The number of ether oxygens (including phenoxy) is 1. The second-order valence-corrected chi connectivity index (χ2v) is 11.3. The van der Waals surface area contributed by atoms with Crippen molar-refractivity contribution < 1.29 is 9.53 Å². The maximum Gasteiger partial charge on any atom is 0.183 e. The van der Waals surface area contributed by atoms with Gasteiger partial charge in [0.25, 0.3) is 0 Å². The number of benzene rings is 1. The van der Waals surface area contributed by atoms with Gasteiger partial charge in [-0.15, -0.1) is 11.3 Å². The highest BCUT2D eigenvalue weighted by atomic mass is 32.2. The molecule has 1 atom stereocenters. The van der Waals surface area contributed by atoms with E-state index in [1.807, 2.05) is 41.8 Å². The third kappa shape index (κ3) is 5.00. The van der Waals surface area contributed by atoms with Gasteiger partial charge < -0.3 is 4.74 Å². The summed E-state index contributed by atoms with van der Waals surface area (Å²) in [6.45, 7) is 6.86. The lowest BCUT2D eigenvalue weighted by atomic mass is 9.70. The van der Waals surface area contributed by atoms with Crippen molar-refractivity contribution in [3.8, 4) is 22.9 Å². The van der Waals surface area contributed by atoms with Crippen LogP contribution < -0.4 is 4.74 Å². The van der Waals surface area contributed by atoms with Crippen molar-refractivity contribution in [3.63, 3.8) is 0 Å². The van der Waals surface area contributed by atoms with Crippen LogP contribution in [0.15, 0.2) is 46.8 Å². The molecule has 0 spiro atoms. The van der Waals surface area contributed by atoms with Crippen LogP contribution in [0.2, 0.25) is 0 Å². The number of thiophene rings is 1. The molecular formula is C27H28N2O2S2. The molecule has 33 heavy (non-hydrogen) atoms. The van der Waals surface area contributed by atoms with Gasteiger partial charge in [-0.2, -0.15) is 5.26 Å². The molecule has 6 heteroatoms. The van der Waals surface area contributed by atoms with E-state index in [2.05, 4.69) is 26.8 Å². The molecule has 0 radical (unpaired) electrons. The highest BCUT2D eigenvalue weighted by Crippen LogP contribution is 2.43. The lowest BCUT2D eigenvalue weighted by Gasteiger charge is -2.36. The first-order chi connectivity index (χ1) is 15.8. The Balaban J connectivity index is 1.79. The van der Waals surface area contributed by atoms with Crippen LogP contribution in [0, 0.1) is 22.7 Å². The van der Waals surface area contributed by atoms with Crippen LogP contribution in [0.5, 0.6) is 5.75 Å². The zero-order chi connectivity index (χ0) is 23.6. The van der Waals surface area contributed by atoms with Crippen LogP contribution >= 0.6 is 23.1 Å². The quantitative estimate of drug-likeness (QED) is 0.289. The minimum atomic E-state index is 0.0669. The lowest BCUT2D eigenvalue weighted by Crippen LogP contribution is -2.28. The number of carbonyl (C=O) groups is 1. The van der Waals surface area contributed by atoms with E-state index in [1.54, 1.807) is 7.11 Å². The molecule has 2 aromatic heterocycles. The predicted octanol–water partition coefficient (Wildman–Crippen LogP) is 6.82. The van der Waals surface area contributed by atoms with E-state index < -0.39 is 0 Å². The predicted molar refractivity (Wildman–Crippen MR) is 135 cm³/mol. The van der Waals surface area contributed by atoms with Crippen molar-refractivity contribution >= 4 is 28.9 Å². The van der Waals surface area contributed by atoms with Crippen LogP contribution in [0.4, 0.5) is 0 Å². The molecule has 1 aliphatic rings. The minimum Gasteiger partial charge on any atom is -0.497 e. The van der Waals surface area contributed by atoms with Gasteiger partial charge in [-0.05, 0) is 65.3 Å². The number of carbonyl (C=O) groups excluding carboxylic acids is 1. The largest absolute Gasteiger partial charge is 0.497 e. The Morgan fingerprint density at radius 1 is 1.27 bits per heavy atom. The molecular weight excluding hydrogens is 448 g/mol. The SMILES string of the molecule is COc1ccc(-c2c(C#N)c(SCC(=O)c3cccs3)nc3c2C[C@@H](C(C)(C)C)CC3)cc1. The van der Waals surface area contributed by atoms with Crippen LogP contribution in [0.25, 0.3) is 11.1 Å². The normalized spacial score (nSPS) is 15.5. The number of methoxy groups -OCH3 is 1. The minimum absolute atomic E-state index is 0.0669. The average molecular weight is 477 g/mol. The third-order valence-electron chi connectivity index (χ3n) is 6.38. The summed E-state index contributed by atoms with van der Waals surface area (Å²) < 4.78 is 5.34. The number of ketones is 1. The van der Waals surface area contributed by atoms with Crippen molar-refractivity contribution in [1.82, 2.24) is 4.98 Å². The van der Waals surface area contributed by atoms with Gasteiger partial charge in [0.1, 0.15) is 16.8 Å². The summed E-state index contributed by atoms with van der Waals surface area (Å²) in [4.78, 5) is 18.3. The van der Waals surface area contributed by atoms with Gasteiger partial charge in [0.2, 0.25) is 0 Å². The molecule has 0 unspecified atom stereocenters. The van der Waals surface area contributed by atoms with Gasteiger partial charge in [0, 0.05) is 11.3 Å². The Morgan fingerprint density at radius 3 is 2.64 bits per heavy atom. The molecule has 0 saturated heterocycles. The number of aromatic nitrogens is 1. The summed E-state index contributed by atoms with van der Waals surface area (Å²) in [7, 11) is 1.65. The molecule has 4 nitrogen and oxygen atoms in total. The molecule has 0 amide bonds. The fraction of sp³-hybridized carbons (Fsp3) is 0.370. The summed E-state index contributed by atoms with van der Waals surface area (Å²) in [5.41, 5.74) is 4.94. The van der Waals surface area contributed by atoms with Gasteiger partial charge in [0.05, 0.1) is 23.3 Å². The fourth-order valence-corrected chi connectivity index (χ4v) is 6.05. The second-order valence-electron chi connectivity index (χ2n) is 9.43. The van der Waals surface area contributed by atoms with Gasteiger partial charge >= 0.3 is 0 Å². The number of pyridine rings is 1. The van der Waals surface area contributed by atoms with Gasteiger partial charge in [0.15, 0.2) is 5.78 Å². The van der Waals surface area contributed by atoms with E-state index in [1.165, 1.54) is 28.7 Å². The van der Waals surface area contributed by atoms with E-state index in [-0.39, 0.29) is 17.0 Å². The molecule has 2 heterocycles. The molecule has 0 fully saturated rings. The zero-order valence-electron chi connectivity index (χ0n) is 19.5. The molecule has 0 aliphatic heterocycles. The van der Waals surface area contributed by atoms with E-state index in [0.717, 1.165) is 46.7 Å².